The molecule has 2 aliphatic carbocycles. The highest BCUT2D eigenvalue weighted by molar-refractivity contribution is 7.88. The van der Waals surface area contributed by atoms with E-state index in [1.165, 1.54) is 5.56 Å². The summed E-state index contributed by atoms with van der Waals surface area (Å²) in [6, 6.07) is 11.4. The van der Waals surface area contributed by atoms with Gasteiger partial charge in [0.25, 0.3) is 0 Å². The molecule has 2 aromatic rings. The van der Waals surface area contributed by atoms with Crippen molar-refractivity contribution in [3.05, 3.63) is 58.7 Å². The number of nitrogens with zero attached hydrogens (tertiary/aromatic N) is 1. The second kappa shape index (κ2) is 8.70. The Morgan fingerprint density at radius 3 is 2.68 bits per heavy atom. The van der Waals surface area contributed by atoms with Gasteiger partial charge in [0.2, 0.25) is 10.0 Å². The molecule has 7 nitrogen and oxygen atoms in total. The molecule has 5 atom stereocenters. The minimum Gasteiger partial charge on any atom is -0.493 e. The lowest BCUT2D eigenvalue weighted by molar-refractivity contribution is -0.185. The third-order valence-electron chi connectivity index (χ3n) is 9.36. The van der Waals surface area contributed by atoms with Crippen molar-refractivity contribution < 1.29 is 23.0 Å². The first kappa shape index (κ1) is 25.2. The van der Waals surface area contributed by atoms with Crippen LogP contribution in [0.25, 0.3) is 0 Å². The van der Waals surface area contributed by atoms with Crippen LogP contribution < -0.4 is 14.2 Å². The van der Waals surface area contributed by atoms with Crippen LogP contribution in [0, 0.1) is 5.92 Å². The maximum atomic E-state index is 13.6. The second-order valence-corrected chi connectivity index (χ2v) is 13.7. The number of rotatable bonds is 7. The standard InChI is InChI=1S/C29H38N2O5S/c1-18(2)15-19-7-5-6-8-21(19)17-37(33,34)30-22-11-12-29(32)24-16-20-9-10-23(35-4)26-25(20)28(29,27(22)36-26)13-14-31(24)3/h5-10,18,22,24,27,30,32H,11-17H2,1-4H3/t22-,24-,27+,28+,29-/m1/s1. The average molecular weight is 527 g/mol. The molecule has 0 amide bonds. The van der Waals surface area contributed by atoms with Crippen molar-refractivity contribution in [3.8, 4) is 11.5 Å². The molecule has 2 fully saturated rings. The highest BCUT2D eigenvalue weighted by Gasteiger charge is 2.72. The summed E-state index contributed by atoms with van der Waals surface area (Å²) in [4.78, 5) is 2.27. The Balaban J connectivity index is 1.37. The quantitative estimate of drug-likeness (QED) is 0.576. The minimum atomic E-state index is -3.66. The molecular weight excluding hydrogens is 488 g/mol. The minimum absolute atomic E-state index is 0.0281. The number of likely N-dealkylation sites (N-methyl/N-ethyl adjacent to an activating group) is 1. The maximum Gasteiger partial charge on any atom is 0.216 e. The molecule has 2 N–H and O–H groups in total. The fourth-order valence-corrected chi connectivity index (χ4v) is 9.32. The Kier molecular flexibility index (Phi) is 5.91. The lowest BCUT2D eigenvalue weighted by atomic mass is 9.48. The molecule has 1 spiro atoms. The highest BCUT2D eigenvalue weighted by Crippen LogP contribution is 2.65. The summed E-state index contributed by atoms with van der Waals surface area (Å²) < 4.78 is 42.6. The molecule has 0 radical (unpaired) electrons. The van der Waals surface area contributed by atoms with Gasteiger partial charge in [-0.15, -0.1) is 0 Å². The van der Waals surface area contributed by atoms with Gasteiger partial charge in [0.15, 0.2) is 11.5 Å². The van der Waals surface area contributed by atoms with E-state index in [2.05, 4.69) is 36.6 Å². The molecular formula is C29H38N2O5S. The summed E-state index contributed by atoms with van der Waals surface area (Å²) in [6.07, 6.45) is 2.85. The summed E-state index contributed by atoms with van der Waals surface area (Å²) in [7, 11) is 0.0518. The average Bonchev–Trinajstić information content (AvgIpc) is 3.20. The molecule has 2 heterocycles. The van der Waals surface area contributed by atoms with Crippen LogP contribution in [-0.2, 0) is 34.0 Å². The highest BCUT2D eigenvalue weighted by atomic mass is 32.2. The van der Waals surface area contributed by atoms with Crippen LogP contribution in [-0.4, -0.2) is 62.9 Å². The first-order chi connectivity index (χ1) is 17.6. The van der Waals surface area contributed by atoms with Gasteiger partial charge < -0.3 is 19.5 Å². The van der Waals surface area contributed by atoms with Crippen molar-refractivity contribution in [2.75, 3.05) is 20.7 Å². The Morgan fingerprint density at radius 2 is 1.95 bits per heavy atom. The monoisotopic (exact) mass is 526 g/mol. The van der Waals surface area contributed by atoms with Gasteiger partial charge in [-0.25, -0.2) is 13.1 Å². The van der Waals surface area contributed by atoms with Gasteiger partial charge in [-0.05, 0) is 74.4 Å². The van der Waals surface area contributed by atoms with Crippen molar-refractivity contribution in [2.24, 2.45) is 5.92 Å². The Morgan fingerprint density at radius 1 is 1.19 bits per heavy atom. The van der Waals surface area contributed by atoms with Crippen molar-refractivity contribution in [1.29, 1.82) is 0 Å². The third-order valence-corrected chi connectivity index (χ3v) is 10.7. The van der Waals surface area contributed by atoms with Gasteiger partial charge in [-0.2, -0.15) is 0 Å². The molecule has 2 aliphatic heterocycles. The number of piperidine rings is 1. The fraction of sp³-hybridized carbons (Fsp3) is 0.586. The lowest BCUT2D eigenvalue weighted by Gasteiger charge is -2.63. The van der Waals surface area contributed by atoms with E-state index in [9.17, 15) is 13.5 Å². The molecule has 200 valence electrons. The normalized spacial score (nSPS) is 32.2. The first-order valence-electron chi connectivity index (χ1n) is 13.5. The molecule has 4 aliphatic rings. The van der Waals surface area contributed by atoms with E-state index in [0.717, 1.165) is 36.1 Å². The number of benzene rings is 2. The van der Waals surface area contributed by atoms with E-state index in [0.29, 0.717) is 36.7 Å². The van der Waals surface area contributed by atoms with Crippen molar-refractivity contribution >= 4 is 10.0 Å². The molecule has 1 saturated heterocycles. The van der Waals surface area contributed by atoms with Gasteiger partial charge in [-0.3, -0.25) is 0 Å². The summed E-state index contributed by atoms with van der Waals surface area (Å²) in [5.74, 6) is 1.69. The van der Waals surface area contributed by atoms with Crippen LogP contribution >= 0.6 is 0 Å². The fourth-order valence-electron chi connectivity index (χ4n) is 7.84. The van der Waals surface area contributed by atoms with E-state index in [1.54, 1.807) is 7.11 Å². The van der Waals surface area contributed by atoms with Crippen LogP contribution in [0.1, 0.15) is 55.4 Å². The SMILES string of the molecule is COc1ccc2c3c1O[C@H]1[C@H](NS(=O)(=O)Cc4ccccc4CC(C)C)CC[C@@]4(O)[C@@H](C2)N(C)CC[C@]314. The number of likely N-dealkylation sites (tertiary alicyclic amines) is 1. The number of methoxy groups -OCH3 is 1. The van der Waals surface area contributed by atoms with Crippen molar-refractivity contribution in [2.45, 2.75) is 80.9 Å². The zero-order chi connectivity index (χ0) is 26.2. The van der Waals surface area contributed by atoms with E-state index < -0.39 is 33.2 Å². The Labute approximate surface area is 220 Å². The molecule has 8 heteroatoms. The maximum absolute atomic E-state index is 13.6. The summed E-state index contributed by atoms with van der Waals surface area (Å²) in [5.41, 5.74) is 2.47. The number of hydrogen-bond acceptors (Lipinski definition) is 6. The number of sulfonamides is 1. The van der Waals surface area contributed by atoms with Gasteiger partial charge in [0, 0.05) is 11.6 Å². The number of hydrogen-bond donors (Lipinski definition) is 2. The zero-order valence-corrected chi connectivity index (χ0v) is 23.0. The number of aliphatic hydroxyl groups is 1. The van der Waals surface area contributed by atoms with Crippen LogP contribution in [0.3, 0.4) is 0 Å². The van der Waals surface area contributed by atoms with E-state index in [4.69, 9.17) is 9.47 Å². The lowest BCUT2D eigenvalue weighted by Crippen LogP contribution is -2.77. The number of ether oxygens (including phenoxy) is 2. The van der Waals surface area contributed by atoms with Crippen molar-refractivity contribution in [1.82, 2.24) is 9.62 Å². The van der Waals surface area contributed by atoms with E-state index in [-0.39, 0.29) is 11.8 Å². The van der Waals surface area contributed by atoms with Crippen molar-refractivity contribution in [3.63, 3.8) is 0 Å². The Bertz CT molecular complexity index is 1330. The third kappa shape index (κ3) is 3.67. The topological polar surface area (TPSA) is 88.1 Å². The molecule has 0 aromatic heterocycles. The second-order valence-electron chi connectivity index (χ2n) is 11.9. The van der Waals surface area contributed by atoms with Crippen LogP contribution in [0.15, 0.2) is 36.4 Å². The van der Waals surface area contributed by atoms with E-state index in [1.807, 2.05) is 30.3 Å². The molecule has 1 saturated carbocycles. The number of nitrogens with one attached hydrogen (secondary N) is 1. The van der Waals surface area contributed by atoms with Gasteiger partial charge >= 0.3 is 0 Å². The molecule has 2 bridgehead atoms. The van der Waals surface area contributed by atoms with E-state index >= 15 is 0 Å². The zero-order valence-electron chi connectivity index (χ0n) is 22.2. The summed E-state index contributed by atoms with van der Waals surface area (Å²) in [5, 5.41) is 12.4. The van der Waals surface area contributed by atoms with Crippen LogP contribution in [0.4, 0.5) is 0 Å². The van der Waals surface area contributed by atoms with Crippen LogP contribution in [0.2, 0.25) is 0 Å². The van der Waals surface area contributed by atoms with Gasteiger partial charge in [0.1, 0.15) is 6.10 Å². The Hall–Kier alpha value is -2.13. The molecule has 2 aromatic carbocycles. The largest absolute Gasteiger partial charge is 0.493 e. The molecule has 37 heavy (non-hydrogen) atoms. The predicted molar refractivity (Wildman–Crippen MR) is 143 cm³/mol. The smallest absolute Gasteiger partial charge is 0.216 e. The van der Waals surface area contributed by atoms with Gasteiger partial charge in [0.05, 0.1) is 29.9 Å². The summed E-state index contributed by atoms with van der Waals surface area (Å²) in [6.45, 7) is 5.11. The van der Waals surface area contributed by atoms with Crippen LogP contribution in [0.5, 0.6) is 11.5 Å². The van der Waals surface area contributed by atoms with Gasteiger partial charge in [-0.1, -0.05) is 44.2 Å². The molecule has 6 rings (SSSR count). The predicted octanol–water partition coefficient (Wildman–Crippen LogP) is 3.17. The summed E-state index contributed by atoms with van der Waals surface area (Å²) >= 11 is 0. The molecule has 0 unspecified atom stereocenters. The first-order valence-corrected chi connectivity index (χ1v) is 15.1.